The van der Waals surface area contributed by atoms with Crippen LogP contribution in [0.15, 0.2) is 35.4 Å². The molecule has 0 saturated carbocycles. The molecule has 2 N–H and O–H groups in total. The maximum absolute atomic E-state index is 12.6. The van der Waals surface area contributed by atoms with Crippen molar-refractivity contribution in [1.82, 2.24) is 24.4 Å². The minimum Gasteiger partial charge on any atom is -0.465 e. The topological polar surface area (TPSA) is 102 Å². The van der Waals surface area contributed by atoms with Gasteiger partial charge in [0.25, 0.3) is 0 Å². The fraction of sp³-hybridized carbons (Fsp3) is 0.368. The van der Waals surface area contributed by atoms with Crippen molar-refractivity contribution in [3.05, 3.63) is 46.6 Å². The van der Waals surface area contributed by atoms with E-state index in [0.717, 1.165) is 16.6 Å². The lowest BCUT2D eigenvalue weighted by Gasteiger charge is -2.18. The van der Waals surface area contributed by atoms with Crippen LogP contribution in [0, 0.1) is 5.41 Å². The van der Waals surface area contributed by atoms with Gasteiger partial charge in [0.05, 0.1) is 11.2 Å². The van der Waals surface area contributed by atoms with E-state index >= 15 is 0 Å². The van der Waals surface area contributed by atoms with Crippen molar-refractivity contribution >= 4 is 17.3 Å². The Labute approximate surface area is 156 Å². The Kier molecular flexibility index (Phi) is 4.73. The summed E-state index contributed by atoms with van der Waals surface area (Å²) in [5.41, 5.74) is 3.44. The van der Waals surface area contributed by atoms with Crippen LogP contribution >= 0.6 is 0 Å². The minimum atomic E-state index is -1.09. The highest BCUT2D eigenvalue weighted by Crippen LogP contribution is 2.23. The molecule has 0 spiro atoms. The van der Waals surface area contributed by atoms with E-state index < -0.39 is 6.09 Å². The van der Waals surface area contributed by atoms with Gasteiger partial charge in [0.2, 0.25) is 0 Å². The zero-order chi connectivity index (χ0) is 19.8. The van der Waals surface area contributed by atoms with Gasteiger partial charge in [-0.15, -0.1) is 0 Å². The number of rotatable bonds is 4. The highest BCUT2D eigenvalue weighted by molar-refractivity contribution is 5.76. The van der Waals surface area contributed by atoms with Gasteiger partial charge < -0.3 is 10.4 Å². The molecular formula is C19H23N5O3. The van der Waals surface area contributed by atoms with Crippen LogP contribution in [0.2, 0.25) is 0 Å². The lowest BCUT2D eigenvalue weighted by atomic mass is 9.97. The highest BCUT2D eigenvalue weighted by Gasteiger charge is 2.18. The second kappa shape index (κ2) is 6.86. The SMILES string of the molecule is Cn1c(=O)n(CC(C)(C)C)c2ccc(-c3cncc(CNC(=O)O)c3)nc21. The molecule has 27 heavy (non-hydrogen) atoms. The number of pyridine rings is 2. The average Bonchev–Trinajstić information content (AvgIpc) is 2.83. The van der Waals surface area contributed by atoms with Crippen LogP contribution in [0.25, 0.3) is 22.4 Å². The molecule has 0 radical (unpaired) electrons. The number of nitrogens with one attached hydrogen (secondary N) is 1. The van der Waals surface area contributed by atoms with E-state index in [9.17, 15) is 9.59 Å². The summed E-state index contributed by atoms with van der Waals surface area (Å²) in [5.74, 6) is 0. The predicted octanol–water partition coefficient (Wildman–Crippen LogP) is 2.61. The predicted molar refractivity (Wildman–Crippen MR) is 103 cm³/mol. The van der Waals surface area contributed by atoms with Crippen molar-refractivity contribution in [1.29, 1.82) is 0 Å². The molecule has 0 aliphatic heterocycles. The Morgan fingerprint density at radius 2 is 2.00 bits per heavy atom. The van der Waals surface area contributed by atoms with E-state index in [1.807, 2.05) is 18.2 Å². The first-order valence-electron chi connectivity index (χ1n) is 8.63. The molecule has 142 valence electrons. The van der Waals surface area contributed by atoms with Crippen molar-refractivity contribution in [2.45, 2.75) is 33.9 Å². The molecule has 3 rings (SSSR count). The largest absolute Gasteiger partial charge is 0.465 e. The lowest BCUT2D eigenvalue weighted by Crippen LogP contribution is -2.27. The molecule has 3 heterocycles. The number of hydrogen-bond acceptors (Lipinski definition) is 4. The Morgan fingerprint density at radius 3 is 2.67 bits per heavy atom. The first-order valence-corrected chi connectivity index (χ1v) is 8.63. The maximum atomic E-state index is 12.6. The van der Waals surface area contributed by atoms with Gasteiger partial charge in [0.15, 0.2) is 5.65 Å². The fourth-order valence-corrected chi connectivity index (χ4v) is 2.96. The second-order valence-corrected chi connectivity index (χ2v) is 7.77. The van der Waals surface area contributed by atoms with E-state index in [-0.39, 0.29) is 17.6 Å². The third-order valence-electron chi connectivity index (χ3n) is 4.15. The van der Waals surface area contributed by atoms with Gasteiger partial charge in [-0.1, -0.05) is 20.8 Å². The molecule has 8 heteroatoms. The summed E-state index contributed by atoms with van der Waals surface area (Å²) in [7, 11) is 1.71. The van der Waals surface area contributed by atoms with Gasteiger partial charge in [-0.05, 0) is 29.2 Å². The van der Waals surface area contributed by atoms with E-state index in [1.165, 1.54) is 0 Å². The van der Waals surface area contributed by atoms with E-state index in [2.05, 4.69) is 36.1 Å². The number of nitrogens with zero attached hydrogens (tertiary/aromatic N) is 4. The number of carboxylic acid groups (broad SMARTS) is 1. The second-order valence-electron chi connectivity index (χ2n) is 7.77. The van der Waals surface area contributed by atoms with Gasteiger partial charge in [0.1, 0.15) is 0 Å². The van der Waals surface area contributed by atoms with Crippen molar-refractivity contribution in [3.8, 4) is 11.3 Å². The zero-order valence-electron chi connectivity index (χ0n) is 15.9. The van der Waals surface area contributed by atoms with Gasteiger partial charge in [-0.25, -0.2) is 14.6 Å². The summed E-state index contributed by atoms with van der Waals surface area (Å²) >= 11 is 0. The summed E-state index contributed by atoms with van der Waals surface area (Å²) < 4.78 is 3.30. The summed E-state index contributed by atoms with van der Waals surface area (Å²) in [6.07, 6.45) is 2.19. The number of imidazole rings is 1. The number of aromatic nitrogens is 4. The molecular weight excluding hydrogens is 346 g/mol. The molecule has 8 nitrogen and oxygen atoms in total. The van der Waals surface area contributed by atoms with Crippen molar-refractivity contribution in [2.24, 2.45) is 12.5 Å². The van der Waals surface area contributed by atoms with Gasteiger partial charge in [-0.2, -0.15) is 0 Å². The standard InChI is InChI=1S/C19H23N5O3/c1-19(2,3)11-24-15-6-5-14(22-16(15)23(4)18(24)27)13-7-12(8-20-10-13)9-21-17(25)26/h5-8,10,21H,9,11H2,1-4H3,(H,25,26). The third-order valence-corrected chi connectivity index (χ3v) is 4.15. The maximum Gasteiger partial charge on any atom is 0.404 e. The van der Waals surface area contributed by atoms with Crippen LogP contribution in [-0.2, 0) is 20.1 Å². The van der Waals surface area contributed by atoms with Gasteiger partial charge >= 0.3 is 11.8 Å². The molecule has 0 saturated heterocycles. The quantitative estimate of drug-likeness (QED) is 0.736. The van der Waals surface area contributed by atoms with Crippen LogP contribution < -0.4 is 11.0 Å². The van der Waals surface area contributed by atoms with Crippen molar-refractivity contribution in [2.75, 3.05) is 0 Å². The van der Waals surface area contributed by atoms with Crippen LogP contribution in [0.4, 0.5) is 4.79 Å². The molecule has 3 aromatic rings. The Bertz CT molecular complexity index is 1060. The summed E-state index contributed by atoms with van der Waals surface area (Å²) in [5, 5.41) is 11.1. The van der Waals surface area contributed by atoms with Gasteiger partial charge in [0, 0.05) is 38.1 Å². The average molecular weight is 369 g/mol. The summed E-state index contributed by atoms with van der Waals surface area (Å²) in [6.45, 7) is 7.02. The lowest BCUT2D eigenvalue weighted by molar-refractivity contribution is 0.194. The van der Waals surface area contributed by atoms with Crippen LogP contribution in [-0.4, -0.2) is 30.3 Å². The van der Waals surface area contributed by atoms with E-state index in [1.54, 1.807) is 28.6 Å². The van der Waals surface area contributed by atoms with E-state index in [0.29, 0.717) is 17.9 Å². The number of aryl methyl sites for hydroxylation is 1. The Hall–Kier alpha value is -3.16. The van der Waals surface area contributed by atoms with Crippen molar-refractivity contribution in [3.63, 3.8) is 0 Å². The number of hydrogen-bond donors (Lipinski definition) is 2. The number of fused-ring (bicyclic) bond motifs is 1. The summed E-state index contributed by atoms with van der Waals surface area (Å²) in [4.78, 5) is 32.1. The monoisotopic (exact) mass is 369 g/mol. The van der Waals surface area contributed by atoms with E-state index in [4.69, 9.17) is 5.11 Å². The van der Waals surface area contributed by atoms with Gasteiger partial charge in [-0.3, -0.25) is 14.1 Å². The molecule has 0 aromatic carbocycles. The fourth-order valence-electron chi connectivity index (χ4n) is 2.96. The molecule has 0 atom stereocenters. The Morgan fingerprint density at radius 1 is 1.26 bits per heavy atom. The van der Waals surface area contributed by atoms with Crippen LogP contribution in [0.1, 0.15) is 26.3 Å². The molecule has 0 unspecified atom stereocenters. The number of carbonyl (C=O) groups is 1. The molecule has 0 bridgehead atoms. The first kappa shape index (κ1) is 18.6. The van der Waals surface area contributed by atoms with Crippen LogP contribution in [0.5, 0.6) is 0 Å². The van der Waals surface area contributed by atoms with Crippen LogP contribution in [0.3, 0.4) is 0 Å². The molecule has 0 fully saturated rings. The molecule has 0 aliphatic carbocycles. The smallest absolute Gasteiger partial charge is 0.404 e. The molecule has 0 aliphatic rings. The first-order chi connectivity index (χ1) is 12.7. The molecule has 1 amide bonds. The number of amides is 1. The summed E-state index contributed by atoms with van der Waals surface area (Å²) in [6, 6.07) is 5.58. The van der Waals surface area contributed by atoms with Crippen molar-refractivity contribution < 1.29 is 9.90 Å². The normalized spacial score (nSPS) is 11.7. The molecule has 3 aromatic heterocycles. The highest BCUT2D eigenvalue weighted by atomic mass is 16.4. The minimum absolute atomic E-state index is 0.0355. The Balaban J connectivity index is 2.03. The third kappa shape index (κ3) is 3.99. The zero-order valence-corrected chi connectivity index (χ0v) is 15.9.